The summed E-state index contributed by atoms with van der Waals surface area (Å²) >= 11 is 1.35. The molecule has 2 aromatic heterocycles. The topological polar surface area (TPSA) is 79.3 Å². The molecule has 0 saturated carbocycles. The number of oxazole rings is 1. The normalized spacial score (nSPS) is 11.1. The van der Waals surface area contributed by atoms with Crippen molar-refractivity contribution in [3.8, 4) is 0 Å². The fraction of sp³-hybridized carbons (Fsp3) is 0.143. The van der Waals surface area contributed by atoms with Crippen molar-refractivity contribution in [3.63, 3.8) is 0 Å². The number of hydrogen-bond acceptors (Lipinski definition) is 6. The van der Waals surface area contributed by atoms with Crippen molar-refractivity contribution >= 4 is 28.8 Å². The van der Waals surface area contributed by atoms with Gasteiger partial charge in [0.25, 0.3) is 5.22 Å². The molecule has 2 heterocycles. The van der Waals surface area contributed by atoms with Crippen LogP contribution in [0.1, 0.15) is 21.9 Å². The SMILES string of the molecule is Cc1cccc2oc(SCc3ccc(C(=O)[O-])o3)nc12. The number of carboxylic acids is 1. The van der Waals surface area contributed by atoms with Crippen molar-refractivity contribution in [1.29, 1.82) is 0 Å². The number of nitrogens with zero attached hydrogens (tertiary/aromatic N) is 1. The van der Waals surface area contributed by atoms with Crippen LogP contribution in [0.2, 0.25) is 0 Å². The molecular weight excluding hydrogens is 278 g/mol. The molecule has 6 heteroatoms. The van der Waals surface area contributed by atoms with Crippen LogP contribution in [-0.2, 0) is 5.75 Å². The van der Waals surface area contributed by atoms with Gasteiger partial charge in [-0.3, -0.25) is 0 Å². The van der Waals surface area contributed by atoms with E-state index in [0.29, 0.717) is 16.7 Å². The monoisotopic (exact) mass is 288 g/mol. The van der Waals surface area contributed by atoms with Gasteiger partial charge in [0.15, 0.2) is 5.58 Å². The molecule has 0 spiro atoms. The van der Waals surface area contributed by atoms with Gasteiger partial charge in [-0.2, -0.15) is 0 Å². The predicted octanol–water partition coefficient (Wildman–Crippen LogP) is 2.39. The highest BCUT2D eigenvalue weighted by Gasteiger charge is 2.10. The molecule has 102 valence electrons. The van der Waals surface area contributed by atoms with E-state index in [1.54, 1.807) is 6.07 Å². The zero-order valence-electron chi connectivity index (χ0n) is 10.6. The average Bonchev–Trinajstić information content (AvgIpc) is 3.03. The molecule has 0 amide bonds. The predicted molar refractivity (Wildman–Crippen MR) is 71.3 cm³/mol. The van der Waals surface area contributed by atoms with E-state index in [0.717, 1.165) is 16.7 Å². The first-order valence-corrected chi connectivity index (χ1v) is 6.91. The Bertz CT molecular complexity index is 774. The quantitative estimate of drug-likeness (QED) is 0.686. The summed E-state index contributed by atoms with van der Waals surface area (Å²) in [6.45, 7) is 1.97. The van der Waals surface area contributed by atoms with Gasteiger partial charge >= 0.3 is 0 Å². The number of carbonyl (C=O) groups excluding carboxylic acids is 1. The van der Waals surface area contributed by atoms with E-state index in [1.165, 1.54) is 17.8 Å². The first-order valence-electron chi connectivity index (χ1n) is 5.92. The second kappa shape index (κ2) is 5.05. The van der Waals surface area contributed by atoms with E-state index in [1.807, 2.05) is 25.1 Å². The van der Waals surface area contributed by atoms with Gasteiger partial charge < -0.3 is 18.7 Å². The largest absolute Gasteiger partial charge is 0.542 e. The highest BCUT2D eigenvalue weighted by Crippen LogP contribution is 2.28. The molecule has 0 bridgehead atoms. The highest BCUT2D eigenvalue weighted by molar-refractivity contribution is 7.98. The summed E-state index contributed by atoms with van der Waals surface area (Å²) in [6, 6.07) is 8.72. The van der Waals surface area contributed by atoms with Crippen molar-refractivity contribution in [1.82, 2.24) is 4.98 Å². The number of hydrogen-bond donors (Lipinski definition) is 0. The Balaban J connectivity index is 1.76. The lowest BCUT2D eigenvalue weighted by Crippen LogP contribution is -2.21. The Morgan fingerprint density at radius 3 is 2.85 bits per heavy atom. The van der Waals surface area contributed by atoms with Crippen molar-refractivity contribution < 1.29 is 18.7 Å². The number of fused-ring (bicyclic) bond motifs is 1. The summed E-state index contributed by atoms with van der Waals surface area (Å²) in [5, 5.41) is 11.1. The van der Waals surface area contributed by atoms with E-state index >= 15 is 0 Å². The molecule has 0 atom stereocenters. The third-order valence-corrected chi connectivity index (χ3v) is 3.65. The lowest BCUT2D eigenvalue weighted by Gasteiger charge is -1.96. The molecule has 0 aliphatic carbocycles. The van der Waals surface area contributed by atoms with E-state index < -0.39 is 5.97 Å². The minimum atomic E-state index is -1.32. The smallest absolute Gasteiger partial charge is 0.257 e. The van der Waals surface area contributed by atoms with Crippen LogP contribution in [0.5, 0.6) is 0 Å². The first kappa shape index (κ1) is 12.8. The van der Waals surface area contributed by atoms with Crippen LogP contribution in [0.4, 0.5) is 0 Å². The summed E-state index contributed by atoms with van der Waals surface area (Å²) in [5.74, 6) is -0.514. The molecule has 1 aromatic carbocycles. The van der Waals surface area contributed by atoms with Crippen LogP contribution in [0, 0.1) is 6.92 Å². The maximum Gasteiger partial charge on any atom is 0.257 e. The Morgan fingerprint density at radius 2 is 2.15 bits per heavy atom. The summed E-state index contributed by atoms with van der Waals surface area (Å²) in [5.41, 5.74) is 2.63. The lowest BCUT2D eigenvalue weighted by atomic mass is 10.2. The van der Waals surface area contributed by atoms with Crippen LogP contribution in [0.15, 0.2) is 44.4 Å². The minimum Gasteiger partial charge on any atom is -0.542 e. The van der Waals surface area contributed by atoms with Gasteiger partial charge in [-0.05, 0) is 30.7 Å². The van der Waals surface area contributed by atoms with Crippen molar-refractivity contribution in [2.45, 2.75) is 17.9 Å². The number of aromatic carboxylic acids is 1. The van der Waals surface area contributed by atoms with Gasteiger partial charge in [-0.15, -0.1) is 0 Å². The number of benzene rings is 1. The first-order chi connectivity index (χ1) is 9.63. The molecule has 3 aromatic rings. The highest BCUT2D eigenvalue weighted by atomic mass is 32.2. The van der Waals surface area contributed by atoms with Crippen LogP contribution in [0.3, 0.4) is 0 Å². The Labute approximate surface area is 118 Å². The van der Waals surface area contributed by atoms with E-state index in [-0.39, 0.29) is 5.76 Å². The fourth-order valence-electron chi connectivity index (χ4n) is 1.83. The minimum absolute atomic E-state index is 0.172. The number of carbonyl (C=O) groups is 1. The van der Waals surface area contributed by atoms with Crippen LogP contribution in [-0.4, -0.2) is 11.0 Å². The summed E-state index contributed by atoms with van der Waals surface area (Å²) in [7, 11) is 0. The maximum atomic E-state index is 10.6. The van der Waals surface area contributed by atoms with Gasteiger partial charge in [-0.1, -0.05) is 23.9 Å². The Morgan fingerprint density at radius 1 is 1.30 bits per heavy atom. The van der Waals surface area contributed by atoms with Gasteiger partial charge in [0.2, 0.25) is 0 Å². The third kappa shape index (κ3) is 2.42. The third-order valence-electron chi connectivity index (χ3n) is 2.80. The fourth-order valence-corrected chi connectivity index (χ4v) is 2.55. The maximum absolute atomic E-state index is 10.6. The lowest BCUT2D eigenvalue weighted by molar-refractivity contribution is -0.257. The number of aryl methyl sites for hydroxylation is 1. The van der Waals surface area contributed by atoms with Gasteiger partial charge in [0.05, 0.1) is 5.75 Å². The van der Waals surface area contributed by atoms with Gasteiger partial charge in [0, 0.05) is 0 Å². The molecule has 0 N–H and O–H groups in total. The number of thioether (sulfide) groups is 1. The van der Waals surface area contributed by atoms with E-state index in [2.05, 4.69) is 4.98 Å². The molecule has 5 nitrogen and oxygen atoms in total. The molecule has 0 unspecified atom stereocenters. The van der Waals surface area contributed by atoms with E-state index in [4.69, 9.17) is 8.83 Å². The molecule has 0 saturated heterocycles. The zero-order chi connectivity index (χ0) is 14.1. The average molecular weight is 288 g/mol. The second-order valence-electron chi connectivity index (χ2n) is 4.24. The van der Waals surface area contributed by atoms with Crippen LogP contribution >= 0.6 is 11.8 Å². The molecule has 0 radical (unpaired) electrons. The van der Waals surface area contributed by atoms with Gasteiger partial charge in [0.1, 0.15) is 23.0 Å². The Hall–Kier alpha value is -2.21. The molecule has 3 rings (SSSR count). The molecule has 0 aliphatic rings. The molecular formula is C14H10NO4S-. The van der Waals surface area contributed by atoms with E-state index in [9.17, 15) is 9.90 Å². The number of carboxylic acid groups (broad SMARTS) is 1. The van der Waals surface area contributed by atoms with Crippen molar-refractivity contribution in [3.05, 3.63) is 47.4 Å². The summed E-state index contributed by atoms with van der Waals surface area (Å²) in [6.07, 6.45) is 0. The summed E-state index contributed by atoms with van der Waals surface area (Å²) < 4.78 is 10.7. The molecule has 0 fully saturated rings. The number of furan rings is 1. The second-order valence-corrected chi connectivity index (χ2v) is 5.17. The van der Waals surface area contributed by atoms with Crippen molar-refractivity contribution in [2.24, 2.45) is 0 Å². The zero-order valence-corrected chi connectivity index (χ0v) is 11.4. The molecule has 0 aliphatic heterocycles. The summed E-state index contributed by atoms with van der Waals surface area (Å²) in [4.78, 5) is 15.0. The van der Waals surface area contributed by atoms with Gasteiger partial charge in [-0.25, -0.2) is 4.98 Å². The van der Waals surface area contributed by atoms with Crippen molar-refractivity contribution in [2.75, 3.05) is 0 Å². The standard InChI is InChI=1S/C14H11NO4S/c1-8-3-2-4-10-12(8)15-14(19-10)20-7-9-5-6-11(18-9)13(16)17/h2-6H,7H2,1H3,(H,16,17)/p-1. The number of para-hydroxylation sites is 1. The number of aromatic nitrogens is 1. The number of rotatable bonds is 4. The van der Waals surface area contributed by atoms with Crippen LogP contribution < -0.4 is 5.11 Å². The van der Waals surface area contributed by atoms with Crippen LogP contribution in [0.25, 0.3) is 11.1 Å². The molecule has 20 heavy (non-hydrogen) atoms. The Kier molecular flexibility index (Phi) is 3.23.